The van der Waals surface area contributed by atoms with Gasteiger partial charge in [-0.15, -0.1) is 0 Å². The molecular weight excluding hydrogens is 214 g/mol. The number of amides is 1. The summed E-state index contributed by atoms with van der Waals surface area (Å²) >= 11 is 0. The van der Waals surface area contributed by atoms with Crippen LogP contribution in [0.1, 0.15) is 26.2 Å². The first kappa shape index (κ1) is 14.4. The van der Waals surface area contributed by atoms with E-state index in [1.807, 2.05) is 0 Å². The van der Waals surface area contributed by atoms with Gasteiger partial charge >= 0.3 is 11.9 Å². The van der Waals surface area contributed by atoms with Crippen molar-refractivity contribution in [2.75, 3.05) is 14.2 Å². The highest BCUT2D eigenvalue weighted by Crippen LogP contribution is 2.01. The van der Waals surface area contributed by atoms with E-state index >= 15 is 0 Å². The van der Waals surface area contributed by atoms with Gasteiger partial charge in [-0.1, -0.05) is 6.92 Å². The van der Waals surface area contributed by atoms with Crippen LogP contribution in [0, 0.1) is 0 Å². The van der Waals surface area contributed by atoms with E-state index in [0.29, 0.717) is 0 Å². The van der Waals surface area contributed by atoms with Crippen LogP contribution in [0.15, 0.2) is 0 Å². The van der Waals surface area contributed by atoms with Crippen molar-refractivity contribution < 1.29 is 23.9 Å². The van der Waals surface area contributed by atoms with Crippen molar-refractivity contribution in [3.05, 3.63) is 0 Å². The largest absolute Gasteiger partial charge is 0.469 e. The molecule has 0 aromatic carbocycles. The van der Waals surface area contributed by atoms with E-state index in [4.69, 9.17) is 0 Å². The van der Waals surface area contributed by atoms with Gasteiger partial charge in [0.25, 0.3) is 0 Å². The van der Waals surface area contributed by atoms with Crippen LogP contribution in [0.2, 0.25) is 0 Å². The molecule has 1 amide bonds. The minimum Gasteiger partial charge on any atom is -0.469 e. The second-order valence-corrected chi connectivity index (χ2v) is 3.11. The average Bonchev–Trinajstić information content (AvgIpc) is 2.32. The monoisotopic (exact) mass is 231 g/mol. The Balaban J connectivity index is 4.26. The van der Waals surface area contributed by atoms with Crippen LogP contribution in [0.5, 0.6) is 0 Å². The Morgan fingerprint density at radius 1 is 1.19 bits per heavy atom. The molecule has 0 saturated carbocycles. The molecule has 1 unspecified atom stereocenters. The number of hydrogen-bond acceptors (Lipinski definition) is 5. The molecule has 6 heteroatoms. The highest BCUT2D eigenvalue weighted by molar-refractivity contribution is 5.84. The minimum absolute atomic E-state index is 0.0558. The van der Waals surface area contributed by atoms with Crippen molar-refractivity contribution >= 4 is 17.8 Å². The first-order chi connectivity index (χ1) is 7.54. The molecule has 0 heterocycles. The van der Waals surface area contributed by atoms with E-state index in [2.05, 4.69) is 14.8 Å². The van der Waals surface area contributed by atoms with Gasteiger partial charge in [0.1, 0.15) is 6.04 Å². The van der Waals surface area contributed by atoms with Crippen molar-refractivity contribution in [3.63, 3.8) is 0 Å². The van der Waals surface area contributed by atoms with Crippen LogP contribution >= 0.6 is 0 Å². The van der Waals surface area contributed by atoms with Crippen LogP contribution < -0.4 is 5.32 Å². The maximum atomic E-state index is 11.3. The molecule has 0 spiro atoms. The lowest BCUT2D eigenvalue weighted by Crippen LogP contribution is -2.41. The predicted molar refractivity (Wildman–Crippen MR) is 55.5 cm³/mol. The highest BCUT2D eigenvalue weighted by Gasteiger charge is 2.21. The van der Waals surface area contributed by atoms with Gasteiger partial charge in [-0.3, -0.25) is 9.59 Å². The first-order valence-corrected chi connectivity index (χ1v) is 4.99. The van der Waals surface area contributed by atoms with Crippen molar-refractivity contribution in [2.45, 2.75) is 32.2 Å². The zero-order chi connectivity index (χ0) is 12.6. The van der Waals surface area contributed by atoms with E-state index in [0.717, 1.165) is 0 Å². The van der Waals surface area contributed by atoms with Gasteiger partial charge in [0.2, 0.25) is 5.91 Å². The Bertz CT molecular complexity index is 264. The number of esters is 2. The quantitative estimate of drug-likeness (QED) is 0.651. The molecule has 0 aromatic rings. The van der Waals surface area contributed by atoms with Crippen LogP contribution in [-0.4, -0.2) is 38.1 Å². The summed E-state index contributed by atoms with van der Waals surface area (Å²) in [5.74, 6) is -1.26. The molecule has 0 fully saturated rings. The number of ether oxygens (including phenoxy) is 2. The normalized spacial score (nSPS) is 11.4. The summed E-state index contributed by atoms with van der Waals surface area (Å²) in [6.07, 6.45) is 0.497. The maximum absolute atomic E-state index is 11.3. The van der Waals surface area contributed by atoms with Crippen molar-refractivity contribution in [2.24, 2.45) is 0 Å². The number of rotatable bonds is 6. The van der Waals surface area contributed by atoms with Crippen molar-refractivity contribution in [1.82, 2.24) is 5.32 Å². The van der Waals surface area contributed by atoms with Gasteiger partial charge in [-0.05, 0) is 6.42 Å². The van der Waals surface area contributed by atoms with Gasteiger partial charge in [0.15, 0.2) is 0 Å². The lowest BCUT2D eigenvalue weighted by Gasteiger charge is -2.15. The van der Waals surface area contributed by atoms with Gasteiger partial charge < -0.3 is 14.8 Å². The Hall–Kier alpha value is -1.59. The summed E-state index contributed by atoms with van der Waals surface area (Å²) in [5, 5.41) is 2.48. The predicted octanol–water partition coefficient (Wildman–Crippen LogP) is 0.00740. The third-order valence-electron chi connectivity index (χ3n) is 2.01. The molecule has 1 N–H and O–H groups in total. The average molecular weight is 231 g/mol. The molecule has 6 nitrogen and oxygen atoms in total. The Labute approximate surface area is 94.3 Å². The molecular formula is C10H17NO5. The zero-order valence-electron chi connectivity index (χ0n) is 9.74. The fourth-order valence-electron chi connectivity index (χ4n) is 1.05. The fourth-order valence-corrected chi connectivity index (χ4v) is 1.05. The molecule has 0 aliphatic heterocycles. The smallest absolute Gasteiger partial charge is 0.328 e. The third-order valence-corrected chi connectivity index (χ3v) is 2.01. The second kappa shape index (κ2) is 7.67. The van der Waals surface area contributed by atoms with Gasteiger partial charge in [-0.25, -0.2) is 4.79 Å². The maximum Gasteiger partial charge on any atom is 0.328 e. The molecule has 92 valence electrons. The number of nitrogens with one attached hydrogen (secondary N) is 1. The van der Waals surface area contributed by atoms with Crippen LogP contribution in [0.4, 0.5) is 0 Å². The minimum atomic E-state index is -0.795. The summed E-state index contributed by atoms with van der Waals surface area (Å²) in [6, 6.07) is -0.795. The molecule has 0 radical (unpaired) electrons. The summed E-state index contributed by atoms with van der Waals surface area (Å²) in [7, 11) is 2.49. The first-order valence-electron chi connectivity index (χ1n) is 4.99. The molecule has 0 rings (SSSR count). The Morgan fingerprint density at radius 2 is 1.81 bits per heavy atom. The standard InChI is InChI=1S/C10H17NO5/c1-4-8(12)11-7(10(14)16-3)5-6-9(13)15-2/h7H,4-6H2,1-3H3,(H,11,12). The van der Waals surface area contributed by atoms with E-state index in [-0.39, 0.29) is 25.2 Å². The number of hydrogen-bond donors (Lipinski definition) is 1. The number of methoxy groups -OCH3 is 2. The van der Waals surface area contributed by atoms with E-state index in [9.17, 15) is 14.4 Å². The number of carbonyl (C=O) groups is 3. The molecule has 1 atom stereocenters. The lowest BCUT2D eigenvalue weighted by molar-refractivity contribution is -0.146. The summed E-state index contributed by atoms with van der Waals surface area (Å²) in [4.78, 5) is 33.3. The molecule has 0 saturated heterocycles. The van der Waals surface area contributed by atoms with Gasteiger partial charge in [-0.2, -0.15) is 0 Å². The van der Waals surface area contributed by atoms with E-state index in [1.54, 1.807) is 6.92 Å². The molecule has 16 heavy (non-hydrogen) atoms. The molecule has 0 bridgehead atoms. The van der Waals surface area contributed by atoms with E-state index in [1.165, 1.54) is 14.2 Å². The number of carbonyl (C=O) groups excluding carboxylic acids is 3. The Kier molecular flexibility index (Phi) is 6.91. The van der Waals surface area contributed by atoms with Crippen LogP contribution in [0.3, 0.4) is 0 Å². The van der Waals surface area contributed by atoms with Crippen LogP contribution in [0.25, 0.3) is 0 Å². The summed E-state index contributed by atoms with van der Waals surface area (Å²) in [5.41, 5.74) is 0. The fraction of sp³-hybridized carbons (Fsp3) is 0.700. The molecule has 0 aliphatic rings. The van der Waals surface area contributed by atoms with Crippen molar-refractivity contribution in [3.8, 4) is 0 Å². The third kappa shape index (κ3) is 5.33. The SMILES string of the molecule is CCC(=O)NC(CCC(=O)OC)C(=O)OC. The van der Waals surface area contributed by atoms with Crippen LogP contribution in [-0.2, 0) is 23.9 Å². The molecule has 0 aromatic heterocycles. The van der Waals surface area contributed by atoms with E-state index < -0.39 is 18.0 Å². The van der Waals surface area contributed by atoms with Gasteiger partial charge in [0.05, 0.1) is 14.2 Å². The lowest BCUT2D eigenvalue weighted by atomic mass is 10.1. The summed E-state index contributed by atoms with van der Waals surface area (Å²) < 4.78 is 8.96. The Morgan fingerprint density at radius 3 is 2.25 bits per heavy atom. The van der Waals surface area contributed by atoms with Gasteiger partial charge in [0, 0.05) is 12.8 Å². The zero-order valence-corrected chi connectivity index (χ0v) is 9.74. The molecule has 0 aliphatic carbocycles. The van der Waals surface area contributed by atoms with Crippen molar-refractivity contribution in [1.29, 1.82) is 0 Å². The summed E-state index contributed by atoms with van der Waals surface area (Å²) in [6.45, 7) is 1.67. The second-order valence-electron chi connectivity index (χ2n) is 3.11. The highest BCUT2D eigenvalue weighted by atomic mass is 16.5. The topological polar surface area (TPSA) is 81.7 Å².